The number of hydrogen-bond acceptors (Lipinski definition) is 3. The molecular formula is C11H7ClF3NO2. The van der Waals surface area contributed by atoms with Gasteiger partial charge in [0.15, 0.2) is 0 Å². The van der Waals surface area contributed by atoms with Crippen LogP contribution in [0.3, 0.4) is 0 Å². The molecule has 0 N–H and O–H groups in total. The number of rotatable bonds is 2. The largest absolute Gasteiger partial charge is 0.462 e. The number of esters is 1. The second-order valence-electron chi connectivity index (χ2n) is 3.17. The fourth-order valence-corrected chi connectivity index (χ4v) is 1.63. The smallest absolute Gasteiger partial charge is 0.418 e. The fraction of sp³-hybridized carbons (Fsp3) is 0.273. The van der Waals surface area contributed by atoms with Crippen LogP contribution in [0.4, 0.5) is 13.2 Å². The highest BCUT2D eigenvalue weighted by molar-refractivity contribution is 6.32. The van der Waals surface area contributed by atoms with Crippen LogP contribution in [0.15, 0.2) is 12.1 Å². The Hall–Kier alpha value is -1.74. The van der Waals surface area contributed by atoms with E-state index in [1.807, 2.05) is 0 Å². The summed E-state index contributed by atoms with van der Waals surface area (Å²) in [4.78, 5) is 11.5. The molecule has 96 valence electrons. The number of carbonyl (C=O) groups is 1. The summed E-state index contributed by atoms with van der Waals surface area (Å²) < 4.78 is 43.0. The van der Waals surface area contributed by atoms with Gasteiger partial charge in [-0.1, -0.05) is 11.6 Å². The van der Waals surface area contributed by atoms with Gasteiger partial charge in [0.05, 0.1) is 28.3 Å². The molecule has 0 aliphatic carbocycles. The predicted molar refractivity (Wildman–Crippen MR) is 57.1 cm³/mol. The van der Waals surface area contributed by atoms with Gasteiger partial charge in [0, 0.05) is 0 Å². The van der Waals surface area contributed by atoms with Crippen LogP contribution in [0.1, 0.15) is 28.4 Å². The van der Waals surface area contributed by atoms with E-state index in [1.54, 1.807) is 0 Å². The van der Waals surface area contributed by atoms with Crippen molar-refractivity contribution in [1.29, 1.82) is 5.26 Å². The summed E-state index contributed by atoms with van der Waals surface area (Å²) in [5, 5.41) is 8.10. The maximum absolute atomic E-state index is 12.8. The highest BCUT2D eigenvalue weighted by Crippen LogP contribution is 2.38. The Kier molecular flexibility index (Phi) is 4.19. The molecule has 1 rings (SSSR count). The van der Waals surface area contributed by atoms with Gasteiger partial charge >= 0.3 is 12.1 Å². The molecule has 0 aromatic heterocycles. The number of nitrogens with zero attached hydrogens (tertiary/aromatic N) is 1. The van der Waals surface area contributed by atoms with Crippen LogP contribution in [-0.2, 0) is 10.9 Å². The van der Waals surface area contributed by atoms with Crippen molar-refractivity contribution in [2.75, 3.05) is 6.61 Å². The average molecular weight is 278 g/mol. The number of ether oxygens (including phenoxy) is 1. The van der Waals surface area contributed by atoms with Crippen LogP contribution in [0.2, 0.25) is 5.02 Å². The first-order valence-corrected chi connectivity index (χ1v) is 5.17. The minimum absolute atomic E-state index is 0.104. The minimum atomic E-state index is -4.84. The van der Waals surface area contributed by atoms with Crippen molar-refractivity contribution in [3.63, 3.8) is 0 Å². The lowest BCUT2D eigenvalue weighted by molar-refractivity contribution is -0.138. The molecule has 0 unspecified atom stereocenters. The Bertz CT molecular complexity index is 520. The first-order valence-electron chi connectivity index (χ1n) is 4.79. The van der Waals surface area contributed by atoms with Crippen LogP contribution in [0.25, 0.3) is 0 Å². The Labute approximate surface area is 106 Å². The molecule has 0 aliphatic heterocycles. The van der Waals surface area contributed by atoms with Crippen LogP contribution in [0.5, 0.6) is 0 Å². The van der Waals surface area contributed by atoms with Crippen LogP contribution in [0, 0.1) is 11.3 Å². The molecule has 0 atom stereocenters. The van der Waals surface area contributed by atoms with Crippen molar-refractivity contribution in [3.05, 3.63) is 33.8 Å². The van der Waals surface area contributed by atoms with Gasteiger partial charge in [0.2, 0.25) is 0 Å². The van der Waals surface area contributed by atoms with Gasteiger partial charge in [-0.3, -0.25) is 0 Å². The Morgan fingerprint density at radius 2 is 2.11 bits per heavy atom. The summed E-state index contributed by atoms with van der Waals surface area (Å²) in [5.41, 5.74) is -2.62. The summed E-state index contributed by atoms with van der Waals surface area (Å²) >= 11 is 5.45. The molecule has 7 heteroatoms. The normalized spacial score (nSPS) is 10.9. The third-order valence-electron chi connectivity index (χ3n) is 2.04. The average Bonchev–Trinajstić information content (AvgIpc) is 2.27. The molecule has 18 heavy (non-hydrogen) atoms. The maximum Gasteiger partial charge on any atom is 0.418 e. The predicted octanol–water partition coefficient (Wildman–Crippen LogP) is 3.41. The molecule has 0 saturated carbocycles. The Morgan fingerprint density at radius 1 is 1.50 bits per heavy atom. The van der Waals surface area contributed by atoms with Gasteiger partial charge in [-0.05, 0) is 19.1 Å². The lowest BCUT2D eigenvalue weighted by Crippen LogP contribution is -2.17. The molecular weight excluding hydrogens is 271 g/mol. The first kappa shape index (κ1) is 14.3. The molecule has 0 radical (unpaired) electrons. The van der Waals surface area contributed by atoms with E-state index in [0.29, 0.717) is 0 Å². The third kappa shape index (κ3) is 2.74. The summed E-state index contributed by atoms with van der Waals surface area (Å²) in [7, 11) is 0. The van der Waals surface area contributed by atoms with Crippen LogP contribution >= 0.6 is 11.6 Å². The monoisotopic (exact) mass is 277 g/mol. The fourth-order valence-electron chi connectivity index (χ4n) is 1.36. The second kappa shape index (κ2) is 5.27. The summed E-state index contributed by atoms with van der Waals surface area (Å²) in [6.07, 6.45) is -4.84. The van der Waals surface area contributed by atoms with Crippen molar-refractivity contribution in [3.8, 4) is 6.07 Å². The van der Waals surface area contributed by atoms with E-state index in [-0.39, 0.29) is 6.61 Å². The number of nitriles is 1. The van der Waals surface area contributed by atoms with Crippen LogP contribution < -0.4 is 0 Å². The molecule has 0 aliphatic rings. The summed E-state index contributed by atoms with van der Waals surface area (Å²) in [6.45, 7) is 1.34. The number of alkyl halides is 3. The zero-order chi connectivity index (χ0) is 13.9. The number of hydrogen-bond donors (Lipinski definition) is 0. The molecule has 0 saturated heterocycles. The van der Waals surface area contributed by atoms with Crippen LogP contribution in [-0.4, -0.2) is 12.6 Å². The molecule has 0 bridgehead atoms. The van der Waals surface area contributed by atoms with Crippen molar-refractivity contribution in [2.24, 2.45) is 0 Å². The lowest BCUT2D eigenvalue weighted by Gasteiger charge is -2.14. The first-order chi connectivity index (χ1) is 8.32. The van der Waals surface area contributed by atoms with Crippen molar-refractivity contribution < 1.29 is 22.7 Å². The van der Waals surface area contributed by atoms with E-state index in [4.69, 9.17) is 16.9 Å². The van der Waals surface area contributed by atoms with Gasteiger partial charge in [-0.15, -0.1) is 0 Å². The topological polar surface area (TPSA) is 50.1 Å². The quantitative estimate of drug-likeness (QED) is 0.778. The van der Waals surface area contributed by atoms with Gasteiger partial charge in [-0.25, -0.2) is 4.79 Å². The SMILES string of the molecule is CCOC(=O)c1c(C#N)ccc(Cl)c1C(F)(F)F. The van der Waals surface area contributed by atoms with E-state index in [2.05, 4.69) is 4.74 Å². The Balaban J connectivity index is 3.58. The Morgan fingerprint density at radius 3 is 2.56 bits per heavy atom. The molecule has 0 heterocycles. The van der Waals surface area contributed by atoms with E-state index in [0.717, 1.165) is 12.1 Å². The van der Waals surface area contributed by atoms with Gasteiger partial charge in [0.1, 0.15) is 6.07 Å². The molecule has 3 nitrogen and oxygen atoms in total. The van der Waals surface area contributed by atoms with Gasteiger partial charge in [-0.2, -0.15) is 18.4 Å². The number of halogens is 4. The highest BCUT2D eigenvalue weighted by Gasteiger charge is 2.39. The standard InChI is InChI=1S/C11H7ClF3NO2/c1-2-18-10(17)8-6(5-16)3-4-7(12)9(8)11(13,14)15/h3-4H,2H2,1H3. The molecule has 0 spiro atoms. The van der Waals surface area contributed by atoms with E-state index < -0.39 is 33.9 Å². The highest BCUT2D eigenvalue weighted by atomic mass is 35.5. The van der Waals surface area contributed by atoms with E-state index >= 15 is 0 Å². The zero-order valence-corrected chi connectivity index (χ0v) is 9.89. The summed E-state index contributed by atoms with van der Waals surface area (Å²) in [5.74, 6) is -1.22. The van der Waals surface area contributed by atoms with E-state index in [9.17, 15) is 18.0 Å². The minimum Gasteiger partial charge on any atom is -0.462 e. The number of benzene rings is 1. The zero-order valence-electron chi connectivity index (χ0n) is 9.14. The second-order valence-corrected chi connectivity index (χ2v) is 3.58. The van der Waals surface area contributed by atoms with Crippen molar-refractivity contribution in [1.82, 2.24) is 0 Å². The maximum atomic E-state index is 12.8. The third-order valence-corrected chi connectivity index (χ3v) is 2.35. The molecule has 0 amide bonds. The van der Waals surface area contributed by atoms with Gasteiger partial charge < -0.3 is 4.74 Å². The van der Waals surface area contributed by atoms with E-state index in [1.165, 1.54) is 13.0 Å². The van der Waals surface area contributed by atoms with Crippen molar-refractivity contribution >= 4 is 17.6 Å². The lowest BCUT2D eigenvalue weighted by atomic mass is 10.0. The van der Waals surface area contributed by atoms with Crippen molar-refractivity contribution in [2.45, 2.75) is 13.1 Å². The molecule has 1 aromatic rings. The van der Waals surface area contributed by atoms with Gasteiger partial charge in [0.25, 0.3) is 0 Å². The number of carbonyl (C=O) groups excluding carboxylic acids is 1. The summed E-state index contributed by atoms with van der Waals surface area (Å²) in [6, 6.07) is 3.48. The molecule has 1 aromatic carbocycles. The molecule has 0 fully saturated rings.